The molecular formula is C24H26ClN5O. The molecule has 2 N–H and O–H groups in total. The molecule has 0 unspecified atom stereocenters. The van der Waals surface area contributed by atoms with Crippen molar-refractivity contribution < 1.29 is 4.79 Å². The van der Waals surface area contributed by atoms with Gasteiger partial charge in [-0.1, -0.05) is 30.7 Å². The van der Waals surface area contributed by atoms with Crippen LogP contribution in [0.2, 0.25) is 5.15 Å². The van der Waals surface area contributed by atoms with Crippen LogP contribution >= 0.6 is 11.6 Å². The van der Waals surface area contributed by atoms with Crippen LogP contribution in [0.3, 0.4) is 0 Å². The number of anilines is 3. The van der Waals surface area contributed by atoms with Crippen molar-refractivity contribution in [1.82, 2.24) is 15.3 Å². The van der Waals surface area contributed by atoms with Crippen molar-refractivity contribution in [3.63, 3.8) is 0 Å². The first-order chi connectivity index (χ1) is 15.1. The van der Waals surface area contributed by atoms with Gasteiger partial charge in [0.2, 0.25) is 0 Å². The third kappa shape index (κ3) is 5.73. The summed E-state index contributed by atoms with van der Waals surface area (Å²) in [6, 6.07) is 16.6. The van der Waals surface area contributed by atoms with E-state index >= 15 is 0 Å². The molecule has 0 spiro atoms. The Hall–Kier alpha value is -3.12. The Bertz CT molecular complexity index is 1010. The number of nitrogens with zero attached hydrogens (tertiary/aromatic N) is 3. The van der Waals surface area contributed by atoms with Crippen LogP contribution in [0.1, 0.15) is 35.8 Å². The molecule has 160 valence electrons. The van der Waals surface area contributed by atoms with Crippen molar-refractivity contribution in [2.45, 2.75) is 26.3 Å². The lowest BCUT2D eigenvalue weighted by molar-refractivity contribution is 0.0945. The highest BCUT2D eigenvalue weighted by Crippen LogP contribution is 2.25. The van der Waals surface area contributed by atoms with E-state index in [1.165, 1.54) is 30.9 Å². The smallest absolute Gasteiger partial charge is 0.271 e. The van der Waals surface area contributed by atoms with Gasteiger partial charge in [-0.3, -0.25) is 9.78 Å². The fourth-order valence-corrected chi connectivity index (χ4v) is 3.77. The van der Waals surface area contributed by atoms with Crippen molar-refractivity contribution in [3.05, 3.63) is 77.3 Å². The summed E-state index contributed by atoms with van der Waals surface area (Å²) in [5.41, 5.74) is 4.52. The van der Waals surface area contributed by atoms with Gasteiger partial charge in [0.15, 0.2) is 0 Å². The normalized spacial score (nSPS) is 14.3. The monoisotopic (exact) mass is 435 g/mol. The molecule has 1 aliphatic rings. The molecule has 0 atom stereocenters. The number of benzene rings is 2. The summed E-state index contributed by atoms with van der Waals surface area (Å²) in [7, 11) is 0. The lowest BCUT2D eigenvalue weighted by Crippen LogP contribution is -2.32. The summed E-state index contributed by atoms with van der Waals surface area (Å²) in [5.74, 6) is 0.527. The van der Waals surface area contributed by atoms with Crippen molar-refractivity contribution in [1.29, 1.82) is 0 Å². The van der Waals surface area contributed by atoms with E-state index in [1.807, 2.05) is 24.3 Å². The zero-order valence-corrected chi connectivity index (χ0v) is 18.3. The van der Waals surface area contributed by atoms with Gasteiger partial charge >= 0.3 is 0 Å². The average molecular weight is 436 g/mol. The van der Waals surface area contributed by atoms with Gasteiger partial charge in [-0.15, -0.1) is 0 Å². The molecule has 4 rings (SSSR count). The van der Waals surface area contributed by atoms with E-state index in [9.17, 15) is 4.79 Å². The molecule has 1 aliphatic heterocycles. The zero-order chi connectivity index (χ0) is 21.6. The molecule has 0 saturated carbocycles. The Kier molecular flexibility index (Phi) is 6.67. The highest BCUT2D eigenvalue weighted by Gasteiger charge is 2.15. The molecule has 1 fully saturated rings. The fraction of sp³-hybridized carbons (Fsp3) is 0.292. The molecule has 2 aromatic carbocycles. The molecule has 6 nitrogen and oxygen atoms in total. The lowest BCUT2D eigenvalue weighted by atomic mass is 9.99. The summed E-state index contributed by atoms with van der Waals surface area (Å²) in [5, 5.41) is 6.45. The van der Waals surface area contributed by atoms with Gasteiger partial charge in [-0.2, -0.15) is 0 Å². The molecule has 31 heavy (non-hydrogen) atoms. The summed E-state index contributed by atoms with van der Waals surface area (Å²) in [6.07, 6.45) is 5.32. The summed E-state index contributed by atoms with van der Waals surface area (Å²) >= 11 is 5.78. The number of hydrogen-bond donors (Lipinski definition) is 2. The number of amides is 1. The summed E-state index contributed by atoms with van der Waals surface area (Å²) < 4.78 is 0. The highest BCUT2D eigenvalue weighted by molar-refractivity contribution is 6.29. The fourth-order valence-electron chi connectivity index (χ4n) is 3.62. The SMILES string of the molecule is CC1CCN(c2ccc(Nc3ccc(CNC(=O)c4cncc(Cl)n4)cc3)cc2)CC1. The number of carbonyl (C=O) groups excluding carboxylic acids is 1. The number of nitrogens with one attached hydrogen (secondary N) is 2. The first-order valence-corrected chi connectivity index (χ1v) is 10.9. The number of halogens is 1. The van der Waals surface area contributed by atoms with Crippen LogP contribution in [0.5, 0.6) is 0 Å². The van der Waals surface area contributed by atoms with E-state index in [2.05, 4.69) is 56.7 Å². The molecule has 1 amide bonds. The first-order valence-electron chi connectivity index (χ1n) is 10.5. The quantitative estimate of drug-likeness (QED) is 0.567. The Balaban J connectivity index is 1.29. The second-order valence-electron chi connectivity index (χ2n) is 7.95. The first kappa shape index (κ1) is 21.1. The predicted octanol–water partition coefficient (Wildman–Crippen LogP) is 5.04. The number of aromatic nitrogens is 2. The minimum Gasteiger partial charge on any atom is -0.372 e. The molecule has 2 heterocycles. The third-order valence-electron chi connectivity index (χ3n) is 5.55. The van der Waals surface area contributed by atoms with Crippen LogP contribution in [-0.4, -0.2) is 29.0 Å². The summed E-state index contributed by atoms with van der Waals surface area (Å²) in [4.78, 5) is 22.5. The van der Waals surface area contributed by atoms with Gasteiger partial charge in [-0.25, -0.2) is 4.98 Å². The van der Waals surface area contributed by atoms with Crippen LogP contribution in [0.25, 0.3) is 0 Å². The third-order valence-corrected chi connectivity index (χ3v) is 5.73. The van der Waals surface area contributed by atoms with Gasteiger partial charge in [0, 0.05) is 36.7 Å². The van der Waals surface area contributed by atoms with Crippen LogP contribution in [0.15, 0.2) is 60.9 Å². The van der Waals surface area contributed by atoms with Crippen LogP contribution in [0.4, 0.5) is 17.1 Å². The second-order valence-corrected chi connectivity index (χ2v) is 8.34. The minimum atomic E-state index is -0.305. The van der Waals surface area contributed by atoms with E-state index < -0.39 is 0 Å². The maximum absolute atomic E-state index is 12.1. The molecule has 1 aromatic heterocycles. The van der Waals surface area contributed by atoms with Crippen LogP contribution < -0.4 is 15.5 Å². The molecule has 7 heteroatoms. The van der Waals surface area contributed by atoms with Crippen molar-refractivity contribution in [2.75, 3.05) is 23.3 Å². The largest absolute Gasteiger partial charge is 0.372 e. The summed E-state index contributed by atoms with van der Waals surface area (Å²) in [6.45, 7) is 5.00. The minimum absolute atomic E-state index is 0.196. The topological polar surface area (TPSA) is 70.2 Å². The Morgan fingerprint density at radius 1 is 1.03 bits per heavy atom. The van der Waals surface area contributed by atoms with E-state index in [0.717, 1.165) is 35.9 Å². The van der Waals surface area contributed by atoms with Crippen molar-refractivity contribution in [2.24, 2.45) is 5.92 Å². The molecule has 0 aliphatic carbocycles. The highest BCUT2D eigenvalue weighted by atomic mass is 35.5. The van der Waals surface area contributed by atoms with E-state index in [1.54, 1.807) is 0 Å². The standard InChI is InChI=1S/C24H26ClN5O/c1-17-10-12-30(13-11-17)21-8-6-20(7-9-21)28-19-4-2-18(3-5-19)14-27-24(31)22-15-26-16-23(25)29-22/h2-9,15-17,28H,10-14H2,1H3,(H,27,31). The maximum atomic E-state index is 12.1. The predicted molar refractivity (Wildman–Crippen MR) is 125 cm³/mol. The lowest BCUT2D eigenvalue weighted by Gasteiger charge is -2.32. The Morgan fingerprint density at radius 2 is 1.68 bits per heavy atom. The number of rotatable bonds is 6. The molecule has 0 bridgehead atoms. The number of hydrogen-bond acceptors (Lipinski definition) is 5. The van der Waals surface area contributed by atoms with Gasteiger partial charge in [0.1, 0.15) is 10.8 Å². The molecule has 3 aromatic rings. The van der Waals surface area contributed by atoms with Gasteiger partial charge in [0.05, 0.1) is 12.4 Å². The van der Waals surface area contributed by atoms with Crippen LogP contribution in [-0.2, 0) is 6.54 Å². The molecule has 1 saturated heterocycles. The van der Waals surface area contributed by atoms with Crippen molar-refractivity contribution in [3.8, 4) is 0 Å². The van der Waals surface area contributed by atoms with Crippen LogP contribution in [0, 0.1) is 5.92 Å². The van der Waals surface area contributed by atoms with E-state index in [-0.39, 0.29) is 16.8 Å². The Labute approximate surface area is 187 Å². The zero-order valence-electron chi connectivity index (χ0n) is 17.5. The molecule has 0 radical (unpaired) electrons. The average Bonchev–Trinajstić information content (AvgIpc) is 2.79. The Morgan fingerprint density at radius 3 is 2.32 bits per heavy atom. The maximum Gasteiger partial charge on any atom is 0.271 e. The van der Waals surface area contributed by atoms with Gasteiger partial charge in [0.25, 0.3) is 5.91 Å². The van der Waals surface area contributed by atoms with Crippen molar-refractivity contribution >= 4 is 34.6 Å². The number of piperidine rings is 1. The number of carbonyl (C=O) groups is 1. The van der Waals surface area contributed by atoms with E-state index in [0.29, 0.717) is 6.54 Å². The van der Waals surface area contributed by atoms with Gasteiger partial charge in [-0.05, 0) is 60.7 Å². The van der Waals surface area contributed by atoms with Gasteiger partial charge < -0.3 is 15.5 Å². The van der Waals surface area contributed by atoms with E-state index in [4.69, 9.17) is 11.6 Å². The molecular weight excluding hydrogens is 410 g/mol. The second kappa shape index (κ2) is 9.79.